The van der Waals surface area contributed by atoms with Crippen LogP contribution < -0.4 is 5.32 Å². The molecule has 1 N–H and O–H groups in total. The molecule has 0 bridgehead atoms. The molecule has 0 spiro atoms. The SMILES string of the molecule is CSc1ccc(C(=O)N(CC2CCCNC2)C(C)C)cc1. The molecule has 1 saturated heterocycles. The van der Waals surface area contributed by atoms with E-state index in [1.165, 1.54) is 17.7 Å². The van der Waals surface area contributed by atoms with Gasteiger partial charge in [0.25, 0.3) is 5.91 Å². The first-order chi connectivity index (χ1) is 10.1. The molecule has 1 amide bonds. The second kappa shape index (κ2) is 7.85. The number of benzene rings is 1. The summed E-state index contributed by atoms with van der Waals surface area (Å²) in [5, 5.41) is 3.43. The smallest absolute Gasteiger partial charge is 0.254 e. The summed E-state index contributed by atoms with van der Waals surface area (Å²) in [6.45, 7) is 7.20. The fourth-order valence-corrected chi connectivity index (χ4v) is 3.19. The van der Waals surface area contributed by atoms with E-state index in [0.717, 1.165) is 25.2 Å². The standard InChI is InChI=1S/C17H26N2OS/c1-13(2)19(12-14-5-4-10-18-11-14)17(20)15-6-8-16(21-3)9-7-15/h6-9,13-14,18H,4-5,10-12H2,1-3H3. The van der Waals surface area contributed by atoms with E-state index in [4.69, 9.17) is 0 Å². The molecule has 21 heavy (non-hydrogen) atoms. The van der Waals surface area contributed by atoms with Gasteiger partial charge in [-0.25, -0.2) is 0 Å². The van der Waals surface area contributed by atoms with E-state index in [-0.39, 0.29) is 11.9 Å². The quantitative estimate of drug-likeness (QED) is 0.848. The number of nitrogens with zero attached hydrogens (tertiary/aromatic N) is 1. The Morgan fingerprint density at radius 3 is 2.62 bits per heavy atom. The van der Waals surface area contributed by atoms with Crippen LogP contribution in [0.2, 0.25) is 0 Å². The van der Waals surface area contributed by atoms with E-state index in [2.05, 4.69) is 19.2 Å². The van der Waals surface area contributed by atoms with Crippen LogP contribution in [-0.4, -0.2) is 42.7 Å². The van der Waals surface area contributed by atoms with Crippen molar-refractivity contribution in [2.75, 3.05) is 25.9 Å². The first-order valence-electron chi connectivity index (χ1n) is 7.77. The molecular weight excluding hydrogens is 280 g/mol. The molecule has 116 valence electrons. The highest BCUT2D eigenvalue weighted by Crippen LogP contribution is 2.19. The maximum absolute atomic E-state index is 12.8. The van der Waals surface area contributed by atoms with Crippen LogP contribution in [0, 0.1) is 5.92 Å². The summed E-state index contributed by atoms with van der Waals surface area (Å²) in [4.78, 5) is 16.0. The summed E-state index contributed by atoms with van der Waals surface area (Å²) in [6.07, 6.45) is 4.48. The predicted octanol–water partition coefficient (Wildman–Crippen LogP) is 3.26. The van der Waals surface area contributed by atoms with Crippen molar-refractivity contribution in [3.05, 3.63) is 29.8 Å². The molecule has 1 aromatic rings. The van der Waals surface area contributed by atoms with Crippen molar-refractivity contribution in [3.8, 4) is 0 Å². The lowest BCUT2D eigenvalue weighted by atomic mass is 9.98. The lowest BCUT2D eigenvalue weighted by Gasteiger charge is -2.33. The minimum Gasteiger partial charge on any atom is -0.336 e. The zero-order valence-electron chi connectivity index (χ0n) is 13.3. The van der Waals surface area contributed by atoms with Crippen molar-refractivity contribution in [2.24, 2.45) is 5.92 Å². The summed E-state index contributed by atoms with van der Waals surface area (Å²) in [6, 6.07) is 8.18. The molecule has 0 aliphatic carbocycles. The van der Waals surface area contributed by atoms with Gasteiger partial charge in [0.15, 0.2) is 0 Å². The third-order valence-corrected chi connectivity index (χ3v) is 4.82. The Balaban J connectivity index is 2.06. The third kappa shape index (κ3) is 4.48. The number of rotatable bonds is 5. The lowest BCUT2D eigenvalue weighted by Crippen LogP contribution is -2.44. The van der Waals surface area contributed by atoms with E-state index < -0.39 is 0 Å². The summed E-state index contributed by atoms with van der Waals surface area (Å²) in [7, 11) is 0. The third-order valence-electron chi connectivity index (χ3n) is 4.08. The van der Waals surface area contributed by atoms with Crippen molar-refractivity contribution in [1.82, 2.24) is 10.2 Å². The molecule has 0 aromatic heterocycles. The van der Waals surface area contributed by atoms with Gasteiger partial charge in [-0.1, -0.05) is 0 Å². The molecule has 1 atom stereocenters. The monoisotopic (exact) mass is 306 g/mol. The van der Waals surface area contributed by atoms with E-state index in [0.29, 0.717) is 5.92 Å². The van der Waals surface area contributed by atoms with Gasteiger partial charge in [-0.2, -0.15) is 0 Å². The molecule has 1 aliphatic rings. The van der Waals surface area contributed by atoms with Crippen molar-refractivity contribution < 1.29 is 4.79 Å². The summed E-state index contributed by atoms with van der Waals surface area (Å²) >= 11 is 1.70. The largest absolute Gasteiger partial charge is 0.336 e. The molecular formula is C17H26N2OS. The minimum atomic E-state index is 0.156. The van der Waals surface area contributed by atoms with Gasteiger partial charge in [-0.05, 0) is 76.2 Å². The van der Waals surface area contributed by atoms with Crippen LogP contribution in [0.25, 0.3) is 0 Å². The predicted molar refractivity (Wildman–Crippen MR) is 90.0 cm³/mol. The number of hydrogen-bond donors (Lipinski definition) is 1. The number of carbonyl (C=O) groups is 1. The van der Waals surface area contributed by atoms with Gasteiger partial charge >= 0.3 is 0 Å². The van der Waals surface area contributed by atoms with Gasteiger partial charge in [0.1, 0.15) is 0 Å². The Kier molecular flexibility index (Phi) is 6.12. The normalized spacial score (nSPS) is 18.8. The highest BCUT2D eigenvalue weighted by Gasteiger charge is 2.23. The molecule has 1 heterocycles. The molecule has 1 unspecified atom stereocenters. The van der Waals surface area contributed by atoms with Gasteiger partial charge in [-0.3, -0.25) is 4.79 Å². The van der Waals surface area contributed by atoms with Crippen molar-refractivity contribution in [3.63, 3.8) is 0 Å². The van der Waals surface area contributed by atoms with Crippen molar-refractivity contribution in [2.45, 2.75) is 37.6 Å². The number of carbonyl (C=O) groups excluding carboxylic acids is 1. The van der Waals surface area contributed by atoms with Gasteiger partial charge in [-0.15, -0.1) is 11.8 Å². The van der Waals surface area contributed by atoms with Crippen LogP contribution in [-0.2, 0) is 0 Å². The number of thioether (sulfide) groups is 1. The minimum absolute atomic E-state index is 0.156. The second-order valence-electron chi connectivity index (χ2n) is 5.99. The number of piperidine rings is 1. The molecule has 1 fully saturated rings. The van der Waals surface area contributed by atoms with Crippen LogP contribution in [0.15, 0.2) is 29.2 Å². The highest BCUT2D eigenvalue weighted by atomic mass is 32.2. The Bertz CT molecular complexity index is 452. The van der Waals surface area contributed by atoms with Crippen LogP contribution in [0.5, 0.6) is 0 Å². The maximum atomic E-state index is 12.8. The highest BCUT2D eigenvalue weighted by molar-refractivity contribution is 7.98. The van der Waals surface area contributed by atoms with Gasteiger partial charge in [0, 0.05) is 23.0 Å². The Labute approximate surface area is 132 Å². The first kappa shape index (κ1) is 16.4. The van der Waals surface area contributed by atoms with Crippen LogP contribution >= 0.6 is 11.8 Å². The van der Waals surface area contributed by atoms with Gasteiger partial charge in [0.2, 0.25) is 0 Å². The Morgan fingerprint density at radius 2 is 2.10 bits per heavy atom. The van der Waals surface area contributed by atoms with E-state index >= 15 is 0 Å². The zero-order valence-corrected chi connectivity index (χ0v) is 14.1. The Hall–Kier alpha value is -1.00. The fraction of sp³-hybridized carbons (Fsp3) is 0.588. The van der Waals surface area contributed by atoms with Crippen LogP contribution in [0.1, 0.15) is 37.0 Å². The Morgan fingerprint density at radius 1 is 1.38 bits per heavy atom. The van der Waals surface area contributed by atoms with Gasteiger partial charge in [0.05, 0.1) is 0 Å². The lowest BCUT2D eigenvalue weighted by molar-refractivity contribution is 0.0661. The molecule has 1 aromatic carbocycles. The van der Waals surface area contributed by atoms with Gasteiger partial charge < -0.3 is 10.2 Å². The topological polar surface area (TPSA) is 32.3 Å². The molecule has 1 aliphatic heterocycles. The van der Waals surface area contributed by atoms with Crippen molar-refractivity contribution >= 4 is 17.7 Å². The number of amides is 1. The molecule has 2 rings (SSSR count). The first-order valence-corrected chi connectivity index (χ1v) is 9.00. The second-order valence-corrected chi connectivity index (χ2v) is 6.87. The zero-order chi connectivity index (χ0) is 15.2. The van der Waals surface area contributed by atoms with Crippen molar-refractivity contribution in [1.29, 1.82) is 0 Å². The summed E-state index contributed by atoms with van der Waals surface area (Å²) in [5.41, 5.74) is 0.797. The van der Waals surface area contributed by atoms with Crippen LogP contribution in [0.4, 0.5) is 0 Å². The summed E-state index contributed by atoms with van der Waals surface area (Å²) in [5.74, 6) is 0.735. The average Bonchev–Trinajstić information content (AvgIpc) is 2.53. The molecule has 0 saturated carbocycles. The van der Waals surface area contributed by atoms with E-state index in [9.17, 15) is 4.79 Å². The maximum Gasteiger partial charge on any atom is 0.254 e. The molecule has 3 nitrogen and oxygen atoms in total. The number of hydrogen-bond acceptors (Lipinski definition) is 3. The number of nitrogens with one attached hydrogen (secondary N) is 1. The molecule has 4 heteroatoms. The average molecular weight is 306 g/mol. The van der Waals surface area contributed by atoms with E-state index in [1.54, 1.807) is 11.8 Å². The molecule has 0 radical (unpaired) electrons. The fourth-order valence-electron chi connectivity index (χ4n) is 2.79. The van der Waals surface area contributed by atoms with E-state index in [1.807, 2.05) is 35.4 Å². The summed E-state index contributed by atoms with van der Waals surface area (Å²) < 4.78 is 0. The van der Waals surface area contributed by atoms with Crippen LogP contribution in [0.3, 0.4) is 0 Å².